The summed E-state index contributed by atoms with van der Waals surface area (Å²) in [5, 5.41) is 0. The van der Waals surface area contributed by atoms with Gasteiger partial charge in [-0.25, -0.2) is 4.79 Å². The summed E-state index contributed by atoms with van der Waals surface area (Å²) in [5.41, 5.74) is 2.09. The molecule has 4 rings (SSSR count). The lowest BCUT2D eigenvalue weighted by Crippen LogP contribution is -2.03. The third-order valence-corrected chi connectivity index (χ3v) is 4.46. The molecule has 0 saturated heterocycles. The van der Waals surface area contributed by atoms with E-state index in [-0.39, 0.29) is 11.5 Å². The van der Waals surface area contributed by atoms with E-state index in [0.717, 1.165) is 11.1 Å². The van der Waals surface area contributed by atoms with Crippen molar-refractivity contribution in [2.75, 3.05) is 7.11 Å². The van der Waals surface area contributed by atoms with Gasteiger partial charge < -0.3 is 14.2 Å². The van der Waals surface area contributed by atoms with Crippen LogP contribution in [0.15, 0.2) is 84.6 Å². The van der Waals surface area contributed by atoms with Crippen LogP contribution in [-0.4, -0.2) is 18.9 Å². The van der Waals surface area contributed by atoms with Gasteiger partial charge in [-0.1, -0.05) is 42.5 Å². The molecule has 0 aromatic heterocycles. The largest absolute Gasteiger partial charge is 0.497 e. The van der Waals surface area contributed by atoms with E-state index in [1.54, 1.807) is 37.5 Å². The highest BCUT2D eigenvalue weighted by atomic mass is 16.5. The fourth-order valence-electron chi connectivity index (χ4n) is 2.99. The Labute approximate surface area is 173 Å². The molecule has 0 aliphatic carbocycles. The maximum absolute atomic E-state index is 12.6. The van der Waals surface area contributed by atoms with Crippen LogP contribution in [0, 0.1) is 0 Å². The molecule has 1 aliphatic heterocycles. The SMILES string of the molecule is COc1cccc(C=C2Oc3cc(OC(=O)C=Cc4ccccc4)ccc3C2=O)c1. The molecule has 1 aliphatic rings. The number of carbonyl (C=O) groups excluding carboxylic acids is 2. The topological polar surface area (TPSA) is 61.8 Å². The van der Waals surface area contributed by atoms with Gasteiger partial charge in [-0.2, -0.15) is 0 Å². The fraction of sp³-hybridized carbons (Fsp3) is 0.0400. The predicted molar refractivity (Wildman–Crippen MR) is 113 cm³/mol. The van der Waals surface area contributed by atoms with E-state index in [2.05, 4.69) is 0 Å². The van der Waals surface area contributed by atoms with Crippen LogP contribution < -0.4 is 14.2 Å². The number of esters is 1. The molecular formula is C25H18O5. The summed E-state index contributed by atoms with van der Waals surface area (Å²) in [7, 11) is 1.58. The zero-order valence-corrected chi connectivity index (χ0v) is 16.2. The van der Waals surface area contributed by atoms with Crippen molar-refractivity contribution in [2.45, 2.75) is 0 Å². The van der Waals surface area contributed by atoms with Gasteiger partial charge in [0.1, 0.15) is 17.2 Å². The van der Waals surface area contributed by atoms with Gasteiger partial charge in [0.15, 0.2) is 5.76 Å². The Hall–Kier alpha value is -4.12. The van der Waals surface area contributed by atoms with E-state index in [1.807, 2.05) is 48.5 Å². The van der Waals surface area contributed by atoms with Gasteiger partial charge in [0.2, 0.25) is 5.78 Å². The number of carbonyl (C=O) groups is 2. The molecule has 0 fully saturated rings. The number of methoxy groups -OCH3 is 1. The molecule has 0 saturated carbocycles. The number of benzene rings is 3. The van der Waals surface area contributed by atoms with E-state index < -0.39 is 5.97 Å². The zero-order valence-electron chi connectivity index (χ0n) is 16.2. The van der Waals surface area contributed by atoms with Crippen LogP contribution in [0.1, 0.15) is 21.5 Å². The highest BCUT2D eigenvalue weighted by Gasteiger charge is 2.28. The molecule has 5 nitrogen and oxygen atoms in total. The molecule has 0 radical (unpaired) electrons. The number of hydrogen-bond acceptors (Lipinski definition) is 5. The molecule has 0 unspecified atom stereocenters. The monoisotopic (exact) mass is 398 g/mol. The van der Waals surface area contributed by atoms with Crippen LogP contribution >= 0.6 is 0 Å². The standard InChI is InChI=1S/C25H18O5/c1-28-19-9-5-8-18(14-19)15-23-25(27)21-12-11-20(16-22(21)30-23)29-24(26)13-10-17-6-3-2-4-7-17/h2-16H,1H3. The number of rotatable bonds is 5. The second-order valence-electron chi connectivity index (χ2n) is 6.54. The minimum atomic E-state index is -0.518. The molecule has 0 spiro atoms. The first kappa shape index (κ1) is 19.2. The number of ketones is 1. The van der Waals surface area contributed by atoms with Gasteiger partial charge in [-0.05, 0) is 47.5 Å². The van der Waals surface area contributed by atoms with Crippen molar-refractivity contribution in [1.29, 1.82) is 0 Å². The average molecular weight is 398 g/mol. The van der Waals surface area contributed by atoms with Crippen LogP contribution in [-0.2, 0) is 4.79 Å². The zero-order chi connectivity index (χ0) is 20.9. The fourth-order valence-corrected chi connectivity index (χ4v) is 2.99. The molecule has 148 valence electrons. The van der Waals surface area contributed by atoms with Crippen molar-refractivity contribution in [3.8, 4) is 17.2 Å². The van der Waals surface area contributed by atoms with Crippen molar-refractivity contribution < 1.29 is 23.8 Å². The highest BCUT2D eigenvalue weighted by molar-refractivity contribution is 6.14. The number of hydrogen-bond donors (Lipinski definition) is 0. The van der Waals surface area contributed by atoms with Crippen LogP contribution in [0.2, 0.25) is 0 Å². The summed E-state index contributed by atoms with van der Waals surface area (Å²) < 4.78 is 16.2. The lowest BCUT2D eigenvalue weighted by atomic mass is 10.1. The first-order valence-electron chi connectivity index (χ1n) is 9.30. The average Bonchev–Trinajstić information content (AvgIpc) is 3.07. The Bertz CT molecular complexity index is 1160. The van der Waals surface area contributed by atoms with Crippen LogP contribution in [0.25, 0.3) is 12.2 Å². The first-order valence-corrected chi connectivity index (χ1v) is 9.30. The third-order valence-electron chi connectivity index (χ3n) is 4.46. The smallest absolute Gasteiger partial charge is 0.336 e. The van der Waals surface area contributed by atoms with E-state index in [9.17, 15) is 9.59 Å². The molecule has 5 heteroatoms. The summed E-state index contributed by atoms with van der Waals surface area (Å²) in [6.45, 7) is 0. The predicted octanol–water partition coefficient (Wildman–Crippen LogP) is 4.93. The minimum Gasteiger partial charge on any atom is -0.497 e. The molecule has 30 heavy (non-hydrogen) atoms. The third kappa shape index (κ3) is 4.31. The normalized spacial score (nSPS) is 13.9. The van der Waals surface area contributed by atoms with Gasteiger partial charge in [-0.3, -0.25) is 4.79 Å². The lowest BCUT2D eigenvalue weighted by Gasteiger charge is -2.03. The van der Waals surface area contributed by atoms with Crippen LogP contribution in [0.5, 0.6) is 17.2 Å². The van der Waals surface area contributed by atoms with Gasteiger partial charge in [0.25, 0.3) is 0 Å². The molecule has 0 N–H and O–H groups in total. The molecular weight excluding hydrogens is 380 g/mol. The Balaban J connectivity index is 1.48. The molecule has 0 amide bonds. The first-order chi connectivity index (χ1) is 14.6. The highest BCUT2D eigenvalue weighted by Crippen LogP contribution is 2.35. The van der Waals surface area contributed by atoms with Crippen LogP contribution in [0.4, 0.5) is 0 Å². The second-order valence-corrected chi connectivity index (χ2v) is 6.54. The van der Waals surface area contributed by atoms with Crippen molar-refractivity contribution >= 4 is 23.9 Å². The van der Waals surface area contributed by atoms with E-state index >= 15 is 0 Å². The lowest BCUT2D eigenvalue weighted by molar-refractivity contribution is -0.128. The molecule has 3 aromatic carbocycles. The summed E-state index contributed by atoms with van der Waals surface area (Å²) in [5.74, 6) is 0.791. The minimum absolute atomic E-state index is 0.200. The number of fused-ring (bicyclic) bond motifs is 1. The Kier molecular flexibility index (Phi) is 5.44. The summed E-state index contributed by atoms with van der Waals surface area (Å²) in [6, 6.07) is 21.4. The summed E-state index contributed by atoms with van der Waals surface area (Å²) in [6.07, 6.45) is 4.67. The maximum atomic E-state index is 12.6. The Morgan fingerprint density at radius 1 is 0.900 bits per heavy atom. The maximum Gasteiger partial charge on any atom is 0.336 e. The number of ether oxygens (including phenoxy) is 3. The van der Waals surface area contributed by atoms with Gasteiger partial charge in [0.05, 0.1) is 12.7 Å². The van der Waals surface area contributed by atoms with E-state index in [0.29, 0.717) is 22.8 Å². The van der Waals surface area contributed by atoms with Crippen LogP contribution in [0.3, 0.4) is 0 Å². The van der Waals surface area contributed by atoms with Crippen molar-refractivity contribution in [2.24, 2.45) is 0 Å². The number of allylic oxidation sites excluding steroid dienone is 1. The van der Waals surface area contributed by atoms with E-state index in [4.69, 9.17) is 14.2 Å². The summed E-state index contributed by atoms with van der Waals surface area (Å²) >= 11 is 0. The molecule has 3 aromatic rings. The Morgan fingerprint density at radius 2 is 1.70 bits per heavy atom. The molecule has 0 bridgehead atoms. The van der Waals surface area contributed by atoms with Crippen molar-refractivity contribution in [3.63, 3.8) is 0 Å². The molecule has 0 atom stereocenters. The van der Waals surface area contributed by atoms with E-state index in [1.165, 1.54) is 12.1 Å². The molecule has 1 heterocycles. The second kappa shape index (κ2) is 8.49. The number of Topliss-reactive ketones (excluding diaryl/α,β-unsaturated/α-hetero) is 1. The Morgan fingerprint density at radius 3 is 2.50 bits per heavy atom. The van der Waals surface area contributed by atoms with Gasteiger partial charge in [0, 0.05) is 12.1 Å². The van der Waals surface area contributed by atoms with Gasteiger partial charge in [-0.15, -0.1) is 0 Å². The van der Waals surface area contributed by atoms with Crippen molar-refractivity contribution in [1.82, 2.24) is 0 Å². The summed E-state index contributed by atoms with van der Waals surface area (Å²) in [4.78, 5) is 24.7. The quantitative estimate of drug-likeness (QED) is 0.346. The van der Waals surface area contributed by atoms with Crippen molar-refractivity contribution in [3.05, 3.63) is 101 Å². The van der Waals surface area contributed by atoms with Gasteiger partial charge >= 0.3 is 5.97 Å².